The highest BCUT2D eigenvalue weighted by Gasteiger charge is 2.27. The van der Waals surface area contributed by atoms with Gasteiger partial charge in [-0.1, -0.05) is 46.1 Å². The zero-order valence-electron chi connectivity index (χ0n) is 12.1. The molecule has 104 valence electrons. The Labute approximate surface area is 114 Å². The highest BCUT2D eigenvalue weighted by atomic mass is 16.1. The number of allylic oxidation sites excluding steroid dienone is 2. The van der Waals surface area contributed by atoms with Gasteiger partial charge in [0.15, 0.2) is 5.78 Å². The fraction of sp³-hybridized carbons (Fsp3) is 0.667. The van der Waals surface area contributed by atoms with E-state index in [4.69, 9.17) is 0 Å². The Bertz CT molecular complexity index is 448. The molecule has 0 spiro atoms. The van der Waals surface area contributed by atoms with Crippen molar-refractivity contribution < 1.29 is 4.79 Å². The molecule has 0 atom stereocenters. The van der Waals surface area contributed by atoms with Crippen LogP contribution in [0.2, 0.25) is 0 Å². The van der Waals surface area contributed by atoms with Crippen molar-refractivity contribution >= 4 is 11.5 Å². The van der Waals surface area contributed by atoms with Gasteiger partial charge in [-0.05, 0) is 18.8 Å². The monoisotopic (exact) mass is 261 g/mol. The van der Waals surface area contributed by atoms with Gasteiger partial charge in [-0.3, -0.25) is 4.79 Å². The minimum absolute atomic E-state index is 0.128. The lowest BCUT2D eigenvalue weighted by molar-refractivity contribution is -0.120. The Morgan fingerprint density at radius 2 is 1.95 bits per heavy atom. The lowest BCUT2D eigenvalue weighted by Gasteiger charge is -2.22. The third-order valence-electron chi connectivity index (χ3n) is 3.62. The van der Waals surface area contributed by atoms with Crippen molar-refractivity contribution in [1.29, 1.82) is 0 Å². The quantitative estimate of drug-likeness (QED) is 0.784. The molecule has 1 aliphatic rings. The first kappa shape index (κ1) is 14.0. The number of hydrogen-bond donors (Lipinski definition) is 0. The first-order valence-corrected chi connectivity index (χ1v) is 7.10. The number of Topliss-reactive ketones (excluding diaryl/α,β-unsaturated/α-hetero) is 1. The summed E-state index contributed by atoms with van der Waals surface area (Å²) in [4.78, 5) is 16.5. The molecule has 1 aromatic rings. The molecule has 0 aromatic carbocycles. The van der Waals surface area contributed by atoms with Gasteiger partial charge in [-0.25, -0.2) is 9.67 Å². The van der Waals surface area contributed by atoms with Gasteiger partial charge in [-0.15, -0.1) is 0 Å². The summed E-state index contributed by atoms with van der Waals surface area (Å²) < 4.78 is 1.61. The molecule has 0 saturated heterocycles. The number of rotatable bonds is 3. The third kappa shape index (κ3) is 3.52. The van der Waals surface area contributed by atoms with Gasteiger partial charge in [0.1, 0.15) is 18.4 Å². The van der Waals surface area contributed by atoms with Crippen molar-refractivity contribution in [2.45, 2.75) is 52.9 Å². The second kappa shape index (κ2) is 5.68. The summed E-state index contributed by atoms with van der Waals surface area (Å²) in [6.45, 7) is 5.84. The lowest BCUT2D eigenvalue weighted by atomic mass is 9.84. The van der Waals surface area contributed by atoms with Crippen molar-refractivity contribution in [3.63, 3.8) is 0 Å². The summed E-state index contributed by atoms with van der Waals surface area (Å²) in [5.74, 6) is 0.628. The standard InChI is InChI=1S/C15H23N3O/c1-15(2,3)14(19)13(18-11-16-10-17-18)9-12-7-5-4-6-8-12/h9-12H,4-8H2,1-3H3/b13-9+. The number of hydrogen-bond acceptors (Lipinski definition) is 3. The van der Waals surface area contributed by atoms with E-state index in [2.05, 4.69) is 16.2 Å². The van der Waals surface area contributed by atoms with Gasteiger partial charge in [0.2, 0.25) is 0 Å². The first-order chi connectivity index (χ1) is 8.98. The minimum atomic E-state index is -0.396. The average molecular weight is 261 g/mol. The van der Waals surface area contributed by atoms with Crippen LogP contribution in [0.5, 0.6) is 0 Å². The van der Waals surface area contributed by atoms with Gasteiger partial charge < -0.3 is 0 Å². The molecule has 0 radical (unpaired) electrons. The van der Waals surface area contributed by atoms with Crippen molar-refractivity contribution in [2.75, 3.05) is 0 Å². The van der Waals surface area contributed by atoms with E-state index in [1.165, 1.54) is 38.4 Å². The van der Waals surface area contributed by atoms with Crippen LogP contribution in [0.15, 0.2) is 18.7 Å². The number of carbonyl (C=O) groups is 1. The summed E-state index contributed by atoms with van der Waals surface area (Å²) in [6.07, 6.45) is 11.4. The Balaban J connectivity index is 2.29. The highest BCUT2D eigenvalue weighted by Crippen LogP contribution is 2.29. The SMILES string of the molecule is CC(C)(C)C(=O)/C(=C\C1CCCCC1)n1cncn1. The molecule has 4 nitrogen and oxygen atoms in total. The fourth-order valence-corrected chi connectivity index (χ4v) is 2.50. The second-order valence-corrected chi connectivity index (χ2v) is 6.37. The van der Waals surface area contributed by atoms with E-state index in [0.29, 0.717) is 11.6 Å². The van der Waals surface area contributed by atoms with Crippen molar-refractivity contribution in [1.82, 2.24) is 14.8 Å². The van der Waals surface area contributed by atoms with Crippen LogP contribution in [-0.4, -0.2) is 20.5 Å². The number of carbonyl (C=O) groups excluding carboxylic acids is 1. The van der Waals surface area contributed by atoms with Crippen LogP contribution in [0.4, 0.5) is 0 Å². The van der Waals surface area contributed by atoms with E-state index < -0.39 is 5.41 Å². The van der Waals surface area contributed by atoms with Crippen molar-refractivity contribution in [3.8, 4) is 0 Å². The summed E-state index contributed by atoms with van der Waals surface area (Å²) in [7, 11) is 0. The number of aromatic nitrogens is 3. The summed E-state index contributed by atoms with van der Waals surface area (Å²) in [6, 6.07) is 0. The fourth-order valence-electron chi connectivity index (χ4n) is 2.50. The minimum Gasteiger partial charge on any atom is -0.292 e. The van der Waals surface area contributed by atoms with E-state index in [-0.39, 0.29) is 5.78 Å². The summed E-state index contributed by atoms with van der Waals surface area (Å²) in [5, 5.41) is 4.13. The molecule has 19 heavy (non-hydrogen) atoms. The normalized spacial score (nSPS) is 18.6. The van der Waals surface area contributed by atoms with Crippen molar-refractivity contribution in [2.24, 2.45) is 11.3 Å². The molecule has 1 aromatic heterocycles. The highest BCUT2D eigenvalue weighted by molar-refractivity contribution is 6.17. The zero-order chi connectivity index (χ0) is 13.9. The zero-order valence-corrected chi connectivity index (χ0v) is 12.1. The van der Waals surface area contributed by atoms with E-state index in [1.807, 2.05) is 20.8 Å². The number of nitrogens with zero attached hydrogens (tertiary/aromatic N) is 3. The molecule has 4 heteroatoms. The van der Waals surface area contributed by atoms with E-state index in [9.17, 15) is 4.79 Å². The van der Waals surface area contributed by atoms with E-state index in [0.717, 1.165) is 0 Å². The molecule has 1 saturated carbocycles. The lowest BCUT2D eigenvalue weighted by Crippen LogP contribution is -2.25. The molecule has 1 aliphatic carbocycles. The Morgan fingerprint density at radius 1 is 1.26 bits per heavy atom. The van der Waals surface area contributed by atoms with Gasteiger partial charge in [0.05, 0.1) is 0 Å². The smallest absolute Gasteiger partial charge is 0.186 e. The molecule has 0 bridgehead atoms. The Hall–Kier alpha value is -1.45. The molecule has 0 unspecified atom stereocenters. The van der Waals surface area contributed by atoms with Gasteiger partial charge >= 0.3 is 0 Å². The van der Waals surface area contributed by atoms with Gasteiger partial charge in [0, 0.05) is 5.41 Å². The summed E-state index contributed by atoms with van der Waals surface area (Å²) in [5.41, 5.74) is 0.281. The van der Waals surface area contributed by atoms with Crippen LogP contribution in [0.1, 0.15) is 52.9 Å². The molecule has 0 N–H and O–H groups in total. The van der Waals surface area contributed by atoms with Crippen LogP contribution in [0, 0.1) is 11.3 Å². The maximum atomic E-state index is 12.6. The average Bonchev–Trinajstić information content (AvgIpc) is 2.89. The van der Waals surface area contributed by atoms with Crippen LogP contribution in [0.25, 0.3) is 5.70 Å². The molecular formula is C15H23N3O. The molecule has 1 fully saturated rings. The predicted octanol–water partition coefficient (Wildman–Crippen LogP) is 3.31. The molecule has 1 heterocycles. The topological polar surface area (TPSA) is 47.8 Å². The van der Waals surface area contributed by atoms with E-state index in [1.54, 1.807) is 11.0 Å². The number of ketones is 1. The van der Waals surface area contributed by atoms with Gasteiger partial charge in [0.25, 0.3) is 0 Å². The summed E-state index contributed by atoms with van der Waals surface area (Å²) >= 11 is 0. The van der Waals surface area contributed by atoms with E-state index >= 15 is 0 Å². The van der Waals surface area contributed by atoms with Gasteiger partial charge in [-0.2, -0.15) is 5.10 Å². The Kier molecular flexibility index (Phi) is 4.17. The van der Waals surface area contributed by atoms with Crippen LogP contribution >= 0.6 is 0 Å². The first-order valence-electron chi connectivity index (χ1n) is 7.10. The maximum absolute atomic E-state index is 12.6. The Morgan fingerprint density at radius 3 is 2.47 bits per heavy atom. The van der Waals surface area contributed by atoms with Crippen LogP contribution in [0.3, 0.4) is 0 Å². The molecular weight excluding hydrogens is 238 g/mol. The molecule has 2 rings (SSSR count). The van der Waals surface area contributed by atoms with Crippen molar-refractivity contribution in [3.05, 3.63) is 18.7 Å². The molecule has 0 aliphatic heterocycles. The predicted molar refractivity (Wildman–Crippen MR) is 75.3 cm³/mol. The third-order valence-corrected chi connectivity index (χ3v) is 3.62. The second-order valence-electron chi connectivity index (χ2n) is 6.37. The van der Waals surface area contributed by atoms with Crippen LogP contribution in [-0.2, 0) is 4.79 Å². The van der Waals surface area contributed by atoms with Crippen LogP contribution < -0.4 is 0 Å². The molecule has 0 amide bonds. The maximum Gasteiger partial charge on any atom is 0.186 e. The largest absolute Gasteiger partial charge is 0.292 e.